The Bertz CT molecular complexity index is 265. The Morgan fingerprint density at radius 1 is 1.50 bits per heavy atom. The van der Waals surface area contributed by atoms with Gasteiger partial charge in [0.05, 0.1) is 11.6 Å². The van der Waals surface area contributed by atoms with Crippen molar-refractivity contribution in [3.05, 3.63) is 28.0 Å². The van der Waals surface area contributed by atoms with Crippen molar-refractivity contribution in [3.63, 3.8) is 0 Å². The first kappa shape index (κ1) is 9.99. The van der Waals surface area contributed by atoms with Crippen LogP contribution in [0.3, 0.4) is 0 Å². The quantitative estimate of drug-likeness (QED) is 0.759. The third-order valence-electron chi connectivity index (χ3n) is 1.42. The predicted octanol–water partition coefficient (Wildman–Crippen LogP) is 3.49. The van der Waals surface area contributed by atoms with Crippen LogP contribution in [0.15, 0.2) is 16.6 Å². The standard InChI is InChI=1S/C8H7Br2FO/c1-12-8-6(10)2-5(4-9)3-7(8)11/h2-3H,4H2,1H3. The second kappa shape index (κ2) is 4.23. The Kier molecular flexibility index (Phi) is 3.53. The van der Waals surface area contributed by atoms with E-state index in [1.807, 2.05) is 6.07 Å². The number of benzene rings is 1. The largest absolute Gasteiger partial charge is 0.492 e. The molecule has 0 saturated heterocycles. The van der Waals surface area contributed by atoms with Crippen LogP contribution in [-0.4, -0.2) is 7.11 Å². The molecule has 4 heteroatoms. The van der Waals surface area contributed by atoms with Gasteiger partial charge in [0.2, 0.25) is 0 Å². The second-order valence-corrected chi connectivity index (χ2v) is 3.64. The van der Waals surface area contributed by atoms with Crippen molar-refractivity contribution < 1.29 is 9.13 Å². The van der Waals surface area contributed by atoms with Gasteiger partial charge in [-0.25, -0.2) is 4.39 Å². The number of rotatable bonds is 2. The molecule has 0 aromatic heterocycles. The Morgan fingerprint density at radius 3 is 2.58 bits per heavy atom. The average Bonchev–Trinajstić information content (AvgIpc) is 2.03. The summed E-state index contributed by atoms with van der Waals surface area (Å²) in [5, 5.41) is 0.631. The highest BCUT2D eigenvalue weighted by Crippen LogP contribution is 2.29. The van der Waals surface area contributed by atoms with Gasteiger partial charge < -0.3 is 4.74 Å². The molecule has 12 heavy (non-hydrogen) atoms. The molecular weight excluding hydrogens is 291 g/mol. The van der Waals surface area contributed by atoms with Gasteiger partial charge in [-0.15, -0.1) is 0 Å². The van der Waals surface area contributed by atoms with E-state index in [1.165, 1.54) is 13.2 Å². The lowest BCUT2D eigenvalue weighted by Gasteiger charge is -2.05. The van der Waals surface area contributed by atoms with Crippen LogP contribution >= 0.6 is 31.9 Å². The van der Waals surface area contributed by atoms with E-state index >= 15 is 0 Å². The van der Waals surface area contributed by atoms with E-state index in [9.17, 15) is 4.39 Å². The fourth-order valence-corrected chi connectivity index (χ4v) is 1.85. The molecule has 66 valence electrons. The van der Waals surface area contributed by atoms with E-state index in [1.54, 1.807) is 0 Å². The molecular formula is C8H7Br2FO. The first-order valence-corrected chi connectivity index (χ1v) is 5.18. The molecule has 1 nitrogen and oxygen atoms in total. The molecule has 0 aliphatic heterocycles. The smallest absolute Gasteiger partial charge is 0.168 e. The molecule has 0 fully saturated rings. The minimum Gasteiger partial charge on any atom is -0.492 e. The summed E-state index contributed by atoms with van der Waals surface area (Å²) in [5.41, 5.74) is 0.875. The summed E-state index contributed by atoms with van der Waals surface area (Å²) >= 11 is 6.46. The zero-order valence-electron chi connectivity index (χ0n) is 6.40. The van der Waals surface area contributed by atoms with Crippen LogP contribution < -0.4 is 4.74 Å². The maximum absolute atomic E-state index is 13.1. The third-order valence-corrected chi connectivity index (χ3v) is 2.65. The van der Waals surface area contributed by atoms with E-state index in [0.717, 1.165) is 5.56 Å². The average molecular weight is 298 g/mol. The highest BCUT2D eigenvalue weighted by atomic mass is 79.9. The summed E-state index contributed by atoms with van der Waals surface area (Å²) in [5.74, 6) is -0.0963. The van der Waals surface area contributed by atoms with Gasteiger partial charge >= 0.3 is 0 Å². The Hall–Kier alpha value is -0.0900. The van der Waals surface area contributed by atoms with Crippen LogP contribution in [-0.2, 0) is 5.33 Å². The number of halogens is 3. The molecule has 0 bridgehead atoms. The molecule has 0 aliphatic rings. The molecule has 0 amide bonds. The summed E-state index contributed by atoms with van der Waals surface area (Å²) in [6, 6.07) is 3.26. The normalized spacial score (nSPS) is 10.0. The van der Waals surface area contributed by atoms with Gasteiger partial charge in [0.15, 0.2) is 11.6 Å². The zero-order valence-corrected chi connectivity index (χ0v) is 9.58. The second-order valence-electron chi connectivity index (χ2n) is 2.23. The van der Waals surface area contributed by atoms with Crippen LogP contribution in [0.1, 0.15) is 5.56 Å². The van der Waals surface area contributed by atoms with Crippen molar-refractivity contribution in [3.8, 4) is 5.75 Å². The Balaban J connectivity index is 3.18. The van der Waals surface area contributed by atoms with Crippen molar-refractivity contribution in [1.82, 2.24) is 0 Å². The number of methoxy groups -OCH3 is 1. The third kappa shape index (κ3) is 1.98. The van der Waals surface area contributed by atoms with Crippen molar-refractivity contribution in [2.75, 3.05) is 7.11 Å². The molecule has 0 unspecified atom stereocenters. The van der Waals surface area contributed by atoms with Crippen LogP contribution in [0.4, 0.5) is 4.39 Å². The first-order chi connectivity index (χ1) is 5.69. The Morgan fingerprint density at radius 2 is 2.17 bits per heavy atom. The zero-order chi connectivity index (χ0) is 9.14. The number of hydrogen-bond donors (Lipinski definition) is 0. The van der Waals surface area contributed by atoms with E-state index in [0.29, 0.717) is 9.80 Å². The number of ether oxygens (including phenoxy) is 1. The van der Waals surface area contributed by atoms with Crippen molar-refractivity contribution in [2.24, 2.45) is 0 Å². The van der Waals surface area contributed by atoms with E-state index in [4.69, 9.17) is 4.74 Å². The molecule has 0 N–H and O–H groups in total. The van der Waals surface area contributed by atoms with Crippen LogP contribution in [0, 0.1) is 5.82 Å². The maximum atomic E-state index is 13.1. The summed E-state index contributed by atoms with van der Waals surface area (Å²) in [7, 11) is 1.44. The highest BCUT2D eigenvalue weighted by molar-refractivity contribution is 9.10. The van der Waals surface area contributed by atoms with Gasteiger partial charge in [-0.3, -0.25) is 0 Å². The fraction of sp³-hybridized carbons (Fsp3) is 0.250. The summed E-state index contributed by atoms with van der Waals surface area (Å²) < 4.78 is 18.6. The first-order valence-electron chi connectivity index (χ1n) is 3.27. The van der Waals surface area contributed by atoms with Gasteiger partial charge in [-0.1, -0.05) is 15.9 Å². The minimum absolute atomic E-state index is 0.250. The van der Waals surface area contributed by atoms with Crippen molar-refractivity contribution in [2.45, 2.75) is 5.33 Å². The number of hydrogen-bond acceptors (Lipinski definition) is 1. The molecule has 0 heterocycles. The minimum atomic E-state index is -0.346. The molecule has 1 rings (SSSR count). The lowest BCUT2D eigenvalue weighted by Crippen LogP contribution is -1.91. The van der Waals surface area contributed by atoms with Crippen LogP contribution in [0.5, 0.6) is 5.75 Å². The van der Waals surface area contributed by atoms with E-state index in [-0.39, 0.29) is 11.6 Å². The molecule has 1 aromatic carbocycles. The fourth-order valence-electron chi connectivity index (χ4n) is 0.885. The Labute approximate surface area is 87.2 Å². The van der Waals surface area contributed by atoms with Crippen molar-refractivity contribution in [1.29, 1.82) is 0 Å². The van der Waals surface area contributed by atoms with Gasteiger partial charge in [0, 0.05) is 5.33 Å². The van der Waals surface area contributed by atoms with Gasteiger partial charge in [-0.05, 0) is 33.6 Å². The number of alkyl halides is 1. The molecule has 0 atom stereocenters. The SMILES string of the molecule is COc1c(F)cc(CBr)cc1Br. The molecule has 1 aromatic rings. The van der Waals surface area contributed by atoms with E-state index < -0.39 is 0 Å². The highest BCUT2D eigenvalue weighted by Gasteiger charge is 2.08. The summed E-state index contributed by atoms with van der Waals surface area (Å²) in [6.45, 7) is 0. The van der Waals surface area contributed by atoms with Gasteiger partial charge in [0.25, 0.3) is 0 Å². The monoisotopic (exact) mass is 296 g/mol. The van der Waals surface area contributed by atoms with Gasteiger partial charge in [-0.2, -0.15) is 0 Å². The molecule has 0 aliphatic carbocycles. The predicted molar refractivity (Wildman–Crippen MR) is 53.3 cm³/mol. The van der Waals surface area contributed by atoms with Crippen LogP contribution in [0.25, 0.3) is 0 Å². The van der Waals surface area contributed by atoms with Crippen molar-refractivity contribution >= 4 is 31.9 Å². The molecule has 0 radical (unpaired) electrons. The topological polar surface area (TPSA) is 9.23 Å². The lowest BCUT2D eigenvalue weighted by molar-refractivity contribution is 0.383. The molecule has 0 spiro atoms. The maximum Gasteiger partial charge on any atom is 0.168 e. The summed E-state index contributed by atoms with van der Waals surface area (Å²) in [4.78, 5) is 0. The van der Waals surface area contributed by atoms with Crippen LogP contribution in [0.2, 0.25) is 0 Å². The van der Waals surface area contributed by atoms with E-state index in [2.05, 4.69) is 31.9 Å². The van der Waals surface area contributed by atoms with Gasteiger partial charge in [0.1, 0.15) is 0 Å². The summed E-state index contributed by atoms with van der Waals surface area (Å²) in [6.07, 6.45) is 0. The lowest BCUT2D eigenvalue weighted by atomic mass is 10.2. The molecule has 0 saturated carbocycles.